The number of ketones is 1. The summed E-state index contributed by atoms with van der Waals surface area (Å²) in [6, 6.07) is 15.8. The van der Waals surface area contributed by atoms with E-state index < -0.39 is 6.86 Å². The molecule has 0 saturated carbocycles. The second-order valence-corrected chi connectivity index (χ2v) is 3.99. The van der Waals surface area contributed by atoms with E-state index in [0.29, 0.717) is 11.3 Å². The van der Waals surface area contributed by atoms with Gasteiger partial charge in [0.2, 0.25) is 6.86 Å². The van der Waals surface area contributed by atoms with Crippen LogP contribution in [-0.4, -0.2) is 12.6 Å². The lowest BCUT2D eigenvalue weighted by Gasteiger charge is -2.03. The Kier molecular flexibility index (Phi) is 4.89. The zero-order valence-corrected chi connectivity index (χ0v) is 10.8. The number of anilines is 1. The molecular formula is C16H14FNO2. The molecule has 0 saturated heterocycles. The Balaban J connectivity index is 1.91. The normalized spacial score (nSPS) is 10.4. The van der Waals surface area contributed by atoms with Crippen LogP contribution in [0.15, 0.2) is 66.9 Å². The van der Waals surface area contributed by atoms with Gasteiger partial charge < -0.3 is 10.1 Å². The van der Waals surface area contributed by atoms with Gasteiger partial charge in [0, 0.05) is 23.5 Å². The first kappa shape index (κ1) is 13.8. The second-order valence-electron chi connectivity index (χ2n) is 3.99. The molecule has 1 N–H and O–H groups in total. The summed E-state index contributed by atoms with van der Waals surface area (Å²) < 4.78 is 16.6. The van der Waals surface area contributed by atoms with Crippen molar-refractivity contribution in [1.29, 1.82) is 0 Å². The number of alkyl halides is 1. The van der Waals surface area contributed by atoms with Crippen LogP contribution in [0.5, 0.6) is 5.75 Å². The summed E-state index contributed by atoms with van der Waals surface area (Å²) in [6.45, 7) is -0.849. The lowest BCUT2D eigenvalue weighted by atomic mass is 10.1. The van der Waals surface area contributed by atoms with Gasteiger partial charge in [-0.1, -0.05) is 30.3 Å². The van der Waals surface area contributed by atoms with Crippen LogP contribution in [0.4, 0.5) is 10.1 Å². The van der Waals surface area contributed by atoms with Gasteiger partial charge in [0.1, 0.15) is 5.75 Å². The third-order valence-corrected chi connectivity index (χ3v) is 2.62. The maximum absolute atomic E-state index is 11.9. The molecule has 0 spiro atoms. The number of halogens is 1. The van der Waals surface area contributed by atoms with E-state index in [2.05, 4.69) is 5.32 Å². The van der Waals surface area contributed by atoms with Gasteiger partial charge in [0.05, 0.1) is 0 Å². The number of nitrogens with one attached hydrogen (secondary N) is 1. The van der Waals surface area contributed by atoms with Crippen molar-refractivity contribution in [3.63, 3.8) is 0 Å². The number of carbonyl (C=O) groups is 1. The molecule has 0 atom stereocenters. The minimum absolute atomic E-state index is 0.0736. The topological polar surface area (TPSA) is 38.3 Å². The molecule has 2 rings (SSSR count). The van der Waals surface area contributed by atoms with E-state index in [9.17, 15) is 9.18 Å². The van der Waals surface area contributed by atoms with Gasteiger partial charge in [-0.3, -0.25) is 4.79 Å². The maximum Gasteiger partial charge on any atom is 0.228 e. The highest BCUT2D eigenvalue weighted by atomic mass is 18.2. The van der Waals surface area contributed by atoms with Crippen molar-refractivity contribution < 1.29 is 13.9 Å². The molecular weight excluding hydrogens is 256 g/mol. The minimum Gasteiger partial charge on any atom is -0.463 e. The van der Waals surface area contributed by atoms with E-state index >= 15 is 0 Å². The van der Waals surface area contributed by atoms with Crippen LogP contribution in [0, 0.1) is 0 Å². The molecule has 0 aliphatic carbocycles. The molecule has 0 aromatic heterocycles. The quantitative estimate of drug-likeness (QED) is 0.641. The highest BCUT2D eigenvalue weighted by Crippen LogP contribution is 2.15. The first-order valence-corrected chi connectivity index (χ1v) is 6.11. The Labute approximate surface area is 116 Å². The average Bonchev–Trinajstić information content (AvgIpc) is 2.50. The molecule has 0 aliphatic rings. The van der Waals surface area contributed by atoms with Crippen molar-refractivity contribution in [2.45, 2.75) is 0 Å². The molecule has 0 heterocycles. The Bertz CT molecular complexity index is 579. The largest absolute Gasteiger partial charge is 0.463 e. The van der Waals surface area contributed by atoms with Gasteiger partial charge >= 0.3 is 0 Å². The molecule has 0 aliphatic heterocycles. The molecule has 0 amide bonds. The summed E-state index contributed by atoms with van der Waals surface area (Å²) in [6.07, 6.45) is 3.03. The molecule has 2 aromatic rings. The first-order valence-electron chi connectivity index (χ1n) is 6.11. The van der Waals surface area contributed by atoms with E-state index in [-0.39, 0.29) is 5.78 Å². The van der Waals surface area contributed by atoms with E-state index in [1.807, 2.05) is 18.2 Å². The number of ether oxygens (including phenoxy) is 1. The predicted molar refractivity (Wildman–Crippen MR) is 76.6 cm³/mol. The average molecular weight is 270 g/mol. The number of hydrogen-bond acceptors (Lipinski definition) is 3. The maximum atomic E-state index is 11.9. The molecule has 0 bridgehead atoms. The highest BCUT2D eigenvalue weighted by Gasteiger charge is 1.99. The van der Waals surface area contributed by atoms with Crippen molar-refractivity contribution >= 4 is 11.5 Å². The van der Waals surface area contributed by atoms with Gasteiger partial charge in [-0.15, -0.1) is 0 Å². The summed E-state index contributed by atoms with van der Waals surface area (Å²) in [4.78, 5) is 11.8. The van der Waals surface area contributed by atoms with Crippen LogP contribution in [0.1, 0.15) is 10.4 Å². The number of allylic oxidation sites excluding steroid dienone is 1. The Morgan fingerprint density at radius 1 is 1.10 bits per heavy atom. The lowest BCUT2D eigenvalue weighted by Crippen LogP contribution is -1.96. The molecule has 0 unspecified atom stereocenters. The number of rotatable bonds is 6. The molecule has 4 heteroatoms. The van der Waals surface area contributed by atoms with Gasteiger partial charge in [0.15, 0.2) is 5.78 Å². The fourth-order valence-electron chi connectivity index (χ4n) is 1.62. The number of benzene rings is 2. The summed E-state index contributed by atoms with van der Waals surface area (Å²) in [5.41, 5.74) is 1.42. The molecule has 102 valence electrons. The molecule has 2 aromatic carbocycles. The van der Waals surface area contributed by atoms with E-state index in [1.54, 1.807) is 42.6 Å². The van der Waals surface area contributed by atoms with Gasteiger partial charge in [-0.05, 0) is 24.3 Å². The van der Waals surface area contributed by atoms with E-state index in [1.165, 1.54) is 6.08 Å². The van der Waals surface area contributed by atoms with Crippen LogP contribution in [-0.2, 0) is 0 Å². The number of hydrogen-bond donors (Lipinski definition) is 1. The number of carbonyl (C=O) groups excluding carboxylic acids is 1. The SMILES string of the molecule is O=C(C=CNc1ccc(OC[18F])cc1)c1ccccc1. The molecule has 0 radical (unpaired) electrons. The van der Waals surface area contributed by atoms with Crippen LogP contribution in [0.2, 0.25) is 0 Å². The lowest BCUT2D eigenvalue weighted by molar-refractivity contribution is 0.104. The third-order valence-electron chi connectivity index (χ3n) is 2.62. The van der Waals surface area contributed by atoms with Crippen molar-refractivity contribution in [1.82, 2.24) is 0 Å². The van der Waals surface area contributed by atoms with Gasteiger partial charge in [0.25, 0.3) is 0 Å². The summed E-state index contributed by atoms with van der Waals surface area (Å²) in [5, 5.41) is 2.96. The summed E-state index contributed by atoms with van der Waals surface area (Å²) in [5.74, 6) is 0.387. The highest BCUT2D eigenvalue weighted by molar-refractivity contribution is 6.04. The predicted octanol–water partition coefficient (Wildman–Crippen LogP) is 3.80. The zero-order valence-electron chi connectivity index (χ0n) is 10.8. The Morgan fingerprint density at radius 2 is 1.80 bits per heavy atom. The fourth-order valence-corrected chi connectivity index (χ4v) is 1.62. The molecule has 20 heavy (non-hydrogen) atoms. The summed E-state index contributed by atoms with van der Waals surface area (Å²) >= 11 is 0. The van der Waals surface area contributed by atoms with E-state index in [4.69, 9.17) is 4.74 Å². The van der Waals surface area contributed by atoms with Crippen LogP contribution in [0.25, 0.3) is 0 Å². The van der Waals surface area contributed by atoms with Crippen LogP contribution >= 0.6 is 0 Å². The second kappa shape index (κ2) is 7.09. The van der Waals surface area contributed by atoms with Crippen molar-refractivity contribution in [3.05, 3.63) is 72.4 Å². The smallest absolute Gasteiger partial charge is 0.228 e. The minimum atomic E-state index is -0.849. The third kappa shape index (κ3) is 3.95. The first-order chi connectivity index (χ1) is 9.79. The fraction of sp³-hybridized carbons (Fsp3) is 0.0625. The zero-order chi connectivity index (χ0) is 14.2. The Morgan fingerprint density at radius 3 is 2.45 bits per heavy atom. The van der Waals surface area contributed by atoms with E-state index in [0.717, 1.165) is 5.69 Å². The van der Waals surface area contributed by atoms with Crippen molar-refractivity contribution in [2.24, 2.45) is 0 Å². The monoisotopic (exact) mass is 270 g/mol. The van der Waals surface area contributed by atoms with Gasteiger partial charge in [-0.25, -0.2) is 4.39 Å². The molecule has 3 nitrogen and oxygen atoms in total. The Hall–Kier alpha value is -2.62. The van der Waals surface area contributed by atoms with Crippen LogP contribution < -0.4 is 10.1 Å². The molecule has 0 fully saturated rings. The van der Waals surface area contributed by atoms with Gasteiger partial charge in [-0.2, -0.15) is 0 Å². The standard InChI is InChI=1S/C16H14FNO2/c17-12-20-15-8-6-14(7-9-15)18-11-10-16(19)13-4-2-1-3-5-13/h1-11,18H,12H2/i17-1. The van der Waals surface area contributed by atoms with Crippen LogP contribution in [0.3, 0.4) is 0 Å². The summed E-state index contributed by atoms with van der Waals surface area (Å²) in [7, 11) is 0. The van der Waals surface area contributed by atoms with Crippen molar-refractivity contribution in [3.8, 4) is 5.75 Å². The van der Waals surface area contributed by atoms with Crippen molar-refractivity contribution in [2.75, 3.05) is 12.2 Å².